The number of aryl methyl sites for hydroxylation is 1. The number of benzene rings is 2. The number of anilines is 2. The average molecular weight is 455 g/mol. The van der Waals surface area contributed by atoms with Crippen molar-refractivity contribution in [3.8, 4) is 22.8 Å². The third-order valence-electron chi connectivity index (χ3n) is 4.49. The lowest BCUT2D eigenvalue weighted by molar-refractivity contribution is -0.116. The second kappa shape index (κ2) is 8.83. The summed E-state index contributed by atoms with van der Waals surface area (Å²) in [6.45, 7) is 1.91. The summed E-state index contributed by atoms with van der Waals surface area (Å²) < 4.78 is 6.87. The fourth-order valence-corrected chi connectivity index (χ4v) is 3.72. The molecule has 8 nitrogen and oxygen atoms in total. The van der Waals surface area contributed by atoms with Crippen LogP contribution in [-0.4, -0.2) is 32.1 Å². The van der Waals surface area contributed by atoms with Crippen molar-refractivity contribution in [1.82, 2.24) is 19.9 Å². The Balaban J connectivity index is 1.58. The Labute approximate surface area is 187 Å². The van der Waals surface area contributed by atoms with Gasteiger partial charge in [-0.15, -0.1) is 11.8 Å². The largest absolute Gasteiger partial charge is 0.383 e. The van der Waals surface area contributed by atoms with E-state index in [9.17, 15) is 4.79 Å². The lowest BCUT2D eigenvalue weighted by atomic mass is 10.2. The Morgan fingerprint density at radius 2 is 2.03 bits per heavy atom. The van der Waals surface area contributed by atoms with Gasteiger partial charge >= 0.3 is 0 Å². The Kier molecular flexibility index (Phi) is 5.97. The number of aromatic nitrogens is 4. The molecule has 0 spiro atoms. The minimum absolute atomic E-state index is 0.0501. The Hall–Kier alpha value is -3.30. The van der Waals surface area contributed by atoms with Crippen molar-refractivity contribution in [1.29, 1.82) is 0 Å². The zero-order valence-corrected chi connectivity index (χ0v) is 18.4. The van der Waals surface area contributed by atoms with Crippen LogP contribution in [0.15, 0.2) is 58.1 Å². The van der Waals surface area contributed by atoms with Crippen LogP contribution in [0.4, 0.5) is 11.5 Å². The van der Waals surface area contributed by atoms with Crippen molar-refractivity contribution in [2.24, 2.45) is 0 Å². The highest BCUT2D eigenvalue weighted by molar-refractivity contribution is 7.98. The Morgan fingerprint density at radius 3 is 2.74 bits per heavy atom. The molecular weight excluding hydrogens is 436 g/mol. The number of nitrogens with two attached hydrogens (primary N) is 1. The summed E-state index contributed by atoms with van der Waals surface area (Å²) in [5.41, 5.74) is 9.33. The maximum absolute atomic E-state index is 12.5. The first-order chi connectivity index (χ1) is 14.9. The van der Waals surface area contributed by atoms with Gasteiger partial charge in [-0.2, -0.15) is 10.1 Å². The molecule has 31 heavy (non-hydrogen) atoms. The highest BCUT2D eigenvalue weighted by Crippen LogP contribution is 2.35. The molecule has 2 heterocycles. The van der Waals surface area contributed by atoms with Crippen LogP contribution in [0, 0.1) is 6.92 Å². The van der Waals surface area contributed by atoms with Gasteiger partial charge in [0, 0.05) is 16.3 Å². The molecule has 0 aliphatic carbocycles. The van der Waals surface area contributed by atoms with Crippen molar-refractivity contribution >= 4 is 40.8 Å². The van der Waals surface area contributed by atoms with Gasteiger partial charge in [0.05, 0.1) is 0 Å². The van der Waals surface area contributed by atoms with Crippen molar-refractivity contribution in [2.75, 3.05) is 17.3 Å². The van der Waals surface area contributed by atoms with E-state index in [0.717, 1.165) is 11.1 Å². The number of amides is 1. The van der Waals surface area contributed by atoms with Crippen LogP contribution in [0.3, 0.4) is 0 Å². The maximum Gasteiger partial charge on any atom is 0.264 e. The van der Waals surface area contributed by atoms with Gasteiger partial charge in [-0.25, -0.2) is 4.68 Å². The van der Waals surface area contributed by atoms with E-state index in [4.69, 9.17) is 21.9 Å². The molecule has 2 aromatic carbocycles. The molecule has 0 unspecified atom stereocenters. The molecule has 0 aliphatic rings. The van der Waals surface area contributed by atoms with E-state index in [1.807, 2.05) is 37.4 Å². The minimum Gasteiger partial charge on any atom is -0.383 e. The van der Waals surface area contributed by atoms with Crippen LogP contribution in [0.2, 0.25) is 5.02 Å². The fraction of sp³-hybridized carbons (Fsp3) is 0.143. The first-order valence-corrected chi connectivity index (χ1v) is 10.9. The van der Waals surface area contributed by atoms with Crippen LogP contribution in [0.1, 0.15) is 5.56 Å². The molecule has 4 rings (SSSR count). The topological polar surface area (TPSA) is 112 Å². The number of hydrogen-bond donors (Lipinski definition) is 2. The maximum atomic E-state index is 12.5. The number of nitrogens with zero attached hydrogens (tertiary/aromatic N) is 4. The molecule has 0 fully saturated rings. The molecule has 2 aromatic heterocycles. The van der Waals surface area contributed by atoms with E-state index in [-0.39, 0.29) is 24.2 Å². The van der Waals surface area contributed by atoms with Crippen LogP contribution in [-0.2, 0) is 11.3 Å². The van der Waals surface area contributed by atoms with Gasteiger partial charge in [0.15, 0.2) is 0 Å². The summed E-state index contributed by atoms with van der Waals surface area (Å²) in [7, 11) is 0. The van der Waals surface area contributed by atoms with E-state index in [0.29, 0.717) is 27.1 Å². The van der Waals surface area contributed by atoms with E-state index >= 15 is 0 Å². The predicted octanol–water partition coefficient (Wildman–Crippen LogP) is 4.50. The summed E-state index contributed by atoms with van der Waals surface area (Å²) in [4.78, 5) is 17.0. The third-order valence-corrected chi connectivity index (χ3v) is 5.41. The molecule has 0 saturated heterocycles. The first kappa shape index (κ1) is 21.0. The van der Waals surface area contributed by atoms with Crippen molar-refractivity contribution in [2.45, 2.75) is 18.5 Å². The smallest absolute Gasteiger partial charge is 0.264 e. The predicted molar refractivity (Wildman–Crippen MR) is 122 cm³/mol. The van der Waals surface area contributed by atoms with Crippen molar-refractivity contribution in [3.63, 3.8) is 0 Å². The number of carbonyl (C=O) groups excluding carboxylic acids is 1. The number of thioether (sulfide) groups is 1. The lowest BCUT2D eigenvalue weighted by Crippen LogP contribution is -2.20. The summed E-state index contributed by atoms with van der Waals surface area (Å²) in [6.07, 6.45) is 1.86. The zero-order chi connectivity index (χ0) is 22.0. The minimum atomic E-state index is -0.244. The molecule has 1 amide bonds. The van der Waals surface area contributed by atoms with Gasteiger partial charge in [0.25, 0.3) is 5.89 Å². The average Bonchev–Trinajstić information content (AvgIpc) is 3.33. The second-order valence-corrected chi connectivity index (χ2v) is 8.01. The number of nitrogen functional groups attached to an aromatic ring is 1. The van der Waals surface area contributed by atoms with Gasteiger partial charge in [-0.1, -0.05) is 28.9 Å². The van der Waals surface area contributed by atoms with Crippen LogP contribution in [0.5, 0.6) is 0 Å². The molecular formula is C21H19ClN6O2S. The van der Waals surface area contributed by atoms with E-state index in [1.54, 1.807) is 24.3 Å². The van der Waals surface area contributed by atoms with Crippen molar-refractivity contribution in [3.05, 3.63) is 59.1 Å². The SMILES string of the molecule is CSc1nn(CC(=O)Nc2cccc(C)c2)c(N)c1-c1nc(-c2ccc(Cl)cc2)no1. The number of rotatable bonds is 6. The van der Waals surface area contributed by atoms with E-state index in [1.165, 1.54) is 16.4 Å². The Bertz CT molecular complexity index is 1240. The molecule has 0 aliphatic heterocycles. The summed E-state index contributed by atoms with van der Waals surface area (Å²) in [6, 6.07) is 14.7. The lowest BCUT2D eigenvalue weighted by Gasteiger charge is -2.07. The number of nitrogens with one attached hydrogen (secondary N) is 1. The normalized spacial score (nSPS) is 10.9. The number of halogens is 1. The Morgan fingerprint density at radius 1 is 1.26 bits per heavy atom. The highest BCUT2D eigenvalue weighted by atomic mass is 35.5. The molecule has 3 N–H and O–H groups in total. The first-order valence-electron chi connectivity index (χ1n) is 9.31. The number of carbonyl (C=O) groups is 1. The fourth-order valence-electron chi connectivity index (χ4n) is 3.02. The van der Waals surface area contributed by atoms with Gasteiger partial charge < -0.3 is 15.6 Å². The van der Waals surface area contributed by atoms with Gasteiger partial charge in [-0.05, 0) is 55.1 Å². The molecule has 4 aromatic rings. The standard InChI is InChI=1S/C21H19ClN6O2S/c1-12-4-3-5-15(10-12)24-16(29)11-28-18(23)17(21(26-28)31-2)20-25-19(27-30-20)13-6-8-14(22)9-7-13/h3-10H,11,23H2,1-2H3,(H,24,29). The van der Waals surface area contributed by atoms with Gasteiger partial charge in [0.1, 0.15) is 23.0 Å². The highest BCUT2D eigenvalue weighted by Gasteiger charge is 2.23. The van der Waals surface area contributed by atoms with Gasteiger partial charge in [-0.3, -0.25) is 4.79 Å². The van der Waals surface area contributed by atoms with Crippen LogP contribution >= 0.6 is 23.4 Å². The summed E-state index contributed by atoms with van der Waals surface area (Å²) >= 11 is 7.31. The second-order valence-electron chi connectivity index (χ2n) is 6.77. The van der Waals surface area contributed by atoms with Gasteiger partial charge in [0.2, 0.25) is 11.7 Å². The van der Waals surface area contributed by atoms with Crippen molar-refractivity contribution < 1.29 is 9.32 Å². The molecule has 0 radical (unpaired) electrons. The third kappa shape index (κ3) is 4.57. The van der Waals surface area contributed by atoms with Crippen LogP contribution in [0.25, 0.3) is 22.8 Å². The van der Waals surface area contributed by atoms with E-state index < -0.39 is 0 Å². The monoisotopic (exact) mass is 454 g/mol. The summed E-state index contributed by atoms with van der Waals surface area (Å²) in [5.74, 6) is 0.668. The molecule has 158 valence electrons. The molecule has 0 bridgehead atoms. The number of hydrogen-bond acceptors (Lipinski definition) is 7. The molecule has 0 saturated carbocycles. The van der Waals surface area contributed by atoms with E-state index in [2.05, 4.69) is 20.6 Å². The molecule has 10 heteroatoms. The summed E-state index contributed by atoms with van der Waals surface area (Å²) in [5, 5.41) is 12.5. The zero-order valence-electron chi connectivity index (χ0n) is 16.8. The van der Waals surface area contributed by atoms with Crippen LogP contribution < -0.4 is 11.1 Å². The molecule has 0 atom stereocenters. The quantitative estimate of drug-likeness (QED) is 0.412.